The molecule has 0 spiro atoms. The molecule has 0 heterocycles. The van der Waals surface area contributed by atoms with E-state index < -0.39 is 24.5 Å². The van der Waals surface area contributed by atoms with Crippen molar-refractivity contribution in [2.24, 2.45) is 5.92 Å². The van der Waals surface area contributed by atoms with Crippen LogP contribution in [0.1, 0.15) is 31.1 Å². The first-order chi connectivity index (χ1) is 9.95. The summed E-state index contributed by atoms with van der Waals surface area (Å²) in [5.41, 5.74) is 0.574. The molecular weight excluding hydrogens is 274 g/mol. The van der Waals surface area contributed by atoms with E-state index in [4.69, 9.17) is 9.47 Å². The maximum Gasteiger partial charge on any atom is 0.340 e. The van der Waals surface area contributed by atoms with E-state index in [-0.39, 0.29) is 18.1 Å². The highest BCUT2D eigenvalue weighted by Crippen LogP contribution is 2.16. The highest BCUT2D eigenvalue weighted by molar-refractivity contribution is 6.01. The second kappa shape index (κ2) is 8.04. The van der Waals surface area contributed by atoms with Gasteiger partial charge in [0.25, 0.3) is 5.91 Å². The van der Waals surface area contributed by atoms with Crippen LogP contribution in [0.2, 0.25) is 0 Å². The van der Waals surface area contributed by atoms with Crippen LogP contribution in [0, 0.1) is 5.92 Å². The van der Waals surface area contributed by atoms with Gasteiger partial charge >= 0.3 is 11.9 Å². The van der Waals surface area contributed by atoms with Crippen LogP contribution in [0.5, 0.6) is 0 Å². The molecule has 1 aromatic rings. The Balaban J connectivity index is 2.68. The van der Waals surface area contributed by atoms with Crippen molar-refractivity contribution in [2.45, 2.75) is 20.8 Å². The van der Waals surface area contributed by atoms with Gasteiger partial charge < -0.3 is 14.8 Å². The number of esters is 2. The molecule has 0 bridgehead atoms. The molecule has 0 saturated carbocycles. The molecule has 1 N–H and O–H groups in total. The zero-order valence-electron chi connectivity index (χ0n) is 12.3. The fourth-order valence-electron chi connectivity index (χ4n) is 1.47. The molecule has 0 fully saturated rings. The van der Waals surface area contributed by atoms with E-state index >= 15 is 0 Å². The number of carbonyl (C=O) groups excluding carboxylic acids is 3. The highest BCUT2D eigenvalue weighted by Gasteiger charge is 2.15. The molecule has 1 amide bonds. The summed E-state index contributed by atoms with van der Waals surface area (Å²) in [7, 11) is 0. The highest BCUT2D eigenvalue weighted by atomic mass is 16.5. The summed E-state index contributed by atoms with van der Waals surface area (Å²) in [4.78, 5) is 34.8. The number of hydrogen-bond donors (Lipinski definition) is 1. The molecule has 1 rings (SSSR count). The predicted molar refractivity (Wildman–Crippen MR) is 76.8 cm³/mol. The maximum absolute atomic E-state index is 11.7. The molecule has 0 aliphatic rings. The lowest BCUT2D eigenvalue weighted by Crippen LogP contribution is -2.23. The summed E-state index contributed by atoms with van der Waals surface area (Å²) in [5, 5.41) is 2.53. The molecule has 0 saturated heterocycles. The molecule has 6 nitrogen and oxygen atoms in total. The molecule has 0 aliphatic carbocycles. The van der Waals surface area contributed by atoms with E-state index in [1.54, 1.807) is 45.0 Å². The Hall–Kier alpha value is -2.37. The van der Waals surface area contributed by atoms with E-state index in [0.29, 0.717) is 5.69 Å². The summed E-state index contributed by atoms with van der Waals surface area (Å²) in [5.74, 6) is -1.79. The minimum absolute atomic E-state index is 0.243. The normalized spacial score (nSPS) is 10.1. The Bertz CT molecular complexity index is 525. The van der Waals surface area contributed by atoms with Gasteiger partial charge in [-0.05, 0) is 19.1 Å². The lowest BCUT2D eigenvalue weighted by Gasteiger charge is -2.11. The molecule has 0 aliphatic heterocycles. The smallest absolute Gasteiger partial charge is 0.340 e. The first-order valence-electron chi connectivity index (χ1n) is 6.68. The number of amides is 1. The van der Waals surface area contributed by atoms with Crippen molar-refractivity contribution < 1.29 is 23.9 Å². The van der Waals surface area contributed by atoms with E-state index in [9.17, 15) is 14.4 Å². The molecule has 114 valence electrons. The number of para-hydroxylation sites is 1. The number of carbonyl (C=O) groups is 3. The van der Waals surface area contributed by atoms with Crippen LogP contribution in [0.4, 0.5) is 5.69 Å². The predicted octanol–water partition coefficient (Wildman–Crippen LogP) is 2.00. The van der Waals surface area contributed by atoms with Gasteiger partial charge in [0.2, 0.25) is 0 Å². The van der Waals surface area contributed by atoms with Crippen molar-refractivity contribution in [3.8, 4) is 0 Å². The van der Waals surface area contributed by atoms with Gasteiger partial charge in [0.05, 0.1) is 23.8 Å². The molecule has 6 heteroatoms. The summed E-state index contributed by atoms with van der Waals surface area (Å²) in [6, 6.07) is 6.47. The molecule has 0 unspecified atom stereocenters. The SMILES string of the molecule is CCOC(=O)c1ccccc1NC(=O)COC(=O)C(C)C. The van der Waals surface area contributed by atoms with Crippen LogP contribution in [0.3, 0.4) is 0 Å². The molecule has 0 atom stereocenters. The Morgan fingerprint density at radius 2 is 1.81 bits per heavy atom. The molecule has 21 heavy (non-hydrogen) atoms. The van der Waals surface area contributed by atoms with Gasteiger partial charge in [0.1, 0.15) is 0 Å². The monoisotopic (exact) mass is 293 g/mol. The minimum Gasteiger partial charge on any atom is -0.462 e. The van der Waals surface area contributed by atoms with Crippen molar-refractivity contribution in [1.82, 2.24) is 0 Å². The van der Waals surface area contributed by atoms with Crippen LogP contribution in [0.25, 0.3) is 0 Å². The van der Waals surface area contributed by atoms with E-state index in [1.807, 2.05) is 0 Å². The average molecular weight is 293 g/mol. The van der Waals surface area contributed by atoms with Gasteiger partial charge in [0.15, 0.2) is 6.61 Å². The van der Waals surface area contributed by atoms with Crippen LogP contribution in [-0.2, 0) is 19.1 Å². The number of anilines is 1. The van der Waals surface area contributed by atoms with Crippen molar-refractivity contribution in [1.29, 1.82) is 0 Å². The van der Waals surface area contributed by atoms with Gasteiger partial charge in [0, 0.05) is 0 Å². The Morgan fingerprint density at radius 1 is 1.14 bits per heavy atom. The van der Waals surface area contributed by atoms with Crippen molar-refractivity contribution >= 4 is 23.5 Å². The van der Waals surface area contributed by atoms with E-state index in [2.05, 4.69) is 5.32 Å². The lowest BCUT2D eigenvalue weighted by molar-refractivity contribution is -0.150. The summed E-state index contributed by atoms with van der Waals surface area (Å²) in [6.45, 7) is 4.90. The largest absolute Gasteiger partial charge is 0.462 e. The van der Waals surface area contributed by atoms with Crippen molar-refractivity contribution in [3.05, 3.63) is 29.8 Å². The Kier molecular flexibility index (Phi) is 6.39. The fraction of sp³-hybridized carbons (Fsp3) is 0.400. The van der Waals surface area contributed by atoms with Gasteiger partial charge in [-0.3, -0.25) is 9.59 Å². The molecule has 1 aromatic carbocycles. The van der Waals surface area contributed by atoms with Crippen molar-refractivity contribution in [2.75, 3.05) is 18.5 Å². The number of nitrogens with one attached hydrogen (secondary N) is 1. The third-order valence-electron chi connectivity index (χ3n) is 2.51. The quantitative estimate of drug-likeness (QED) is 0.811. The van der Waals surface area contributed by atoms with E-state index in [1.165, 1.54) is 0 Å². The number of benzene rings is 1. The third-order valence-corrected chi connectivity index (χ3v) is 2.51. The maximum atomic E-state index is 11.7. The first-order valence-corrected chi connectivity index (χ1v) is 6.68. The average Bonchev–Trinajstić information content (AvgIpc) is 2.45. The summed E-state index contributed by atoms with van der Waals surface area (Å²) < 4.78 is 9.72. The molecule has 0 aromatic heterocycles. The Labute approximate surface area is 123 Å². The number of hydrogen-bond acceptors (Lipinski definition) is 5. The van der Waals surface area contributed by atoms with Gasteiger partial charge in [-0.25, -0.2) is 4.79 Å². The van der Waals surface area contributed by atoms with Gasteiger partial charge in [-0.2, -0.15) is 0 Å². The van der Waals surface area contributed by atoms with Crippen LogP contribution in [-0.4, -0.2) is 31.1 Å². The Morgan fingerprint density at radius 3 is 2.43 bits per heavy atom. The second-order valence-corrected chi connectivity index (χ2v) is 4.58. The van der Waals surface area contributed by atoms with Gasteiger partial charge in [-0.1, -0.05) is 26.0 Å². The fourth-order valence-corrected chi connectivity index (χ4v) is 1.47. The van der Waals surface area contributed by atoms with Crippen LogP contribution < -0.4 is 5.32 Å². The van der Waals surface area contributed by atoms with Crippen LogP contribution >= 0.6 is 0 Å². The molecule has 0 radical (unpaired) electrons. The number of rotatable bonds is 6. The third kappa shape index (κ3) is 5.25. The van der Waals surface area contributed by atoms with Crippen molar-refractivity contribution in [3.63, 3.8) is 0 Å². The second-order valence-electron chi connectivity index (χ2n) is 4.58. The summed E-state index contributed by atoms with van der Waals surface area (Å²) in [6.07, 6.45) is 0. The minimum atomic E-state index is -0.521. The topological polar surface area (TPSA) is 81.7 Å². The first kappa shape index (κ1) is 16.7. The van der Waals surface area contributed by atoms with Crippen LogP contribution in [0.15, 0.2) is 24.3 Å². The zero-order chi connectivity index (χ0) is 15.8. The zero-order valence-corrected chi connectivity index (χ0v) is 12.3. The summed E-state index contributed by atoms with van der Waals surface area (Å²) >= 11 is 0. The lowest BCUT2D eigenvalue weighted by atomic mass is 10.2. The van der Waals surface area contributed by atoms with Gasteiger partial charge in [-0.15, -0.1) is 0 Å². The van der Waals surface area contributed by atoms with E-state index in [0.717, 1.165) is 0 Å². The number of ether oxygens (including phenoxy) is 2. The standard InChI is InChI=1S/C15H19NO5/c1-4-20-15(19)11-7-5-6-8-12(11)16-13(17)9-21-14(18)10(2)3/h5-8,10H,4,9H2,1-3H3,(H,16,17). The molecular formula is C15H19NO5.